The number of carbonyl (C=O) groups is 1. The number of halogens is 7. The predicted octanol–water partition coefficient (Wildman–Crippen LogP) is 7.53. The van der Waals surface area contributed by atoms with Gasteiger partial charge in [0.05, 0.1) is 22.5 Å². The molecule has 3 aromatic carbocycles. The normalized spacial score (nSPS) is 12.6. The Kier molecular flexibility index (Phi) is 7.75. The van der Waals surface area contributed by atoms with E-state index in [0.717, 1.165) is 48.5 Å². The van der Waals surface area contributed by atoms with Crippen LogP contribution in [0.5, 0.6) is 0 Å². The third-order valence-electron chi connectivity index (χ3n) is 4.26. The summed E-state index contributed by atoms with van der Waals surface area (Å²) in [6, 6.07) is 13.5. The summed E-state index contributed by atoms with van der Waals surface area (Å²) in [5.74, 6) is -1.41. The van der Waals surface area contributed by atoms with Crippen LogP contribution in [0.1, 0.15) is 11.1 Å². The molecule has 2 N–H and O–H groups in total. The topological polar surface area (TPSA) is 78.2 Å². The molecule has 0 aliphatic rings. The molecule has 0 aliphatic heterocycles. The number of benzene rings is 3. The van der Waals surface area contributed by atoms with Gasteiger partial charge >= 0.3 is 12.4 Å². The van der Waals surface area contributed by atoms with Crippen LogP contribution in [-0.2, 0) is 17.1 Å². The number of hydrogen-bond donors (Lipinski definition) is 2. The van der Waals surface area contributed by atoms with E-state index in [9.17, 15) is 31.1 Å². The molecule has 0 atom stereocenters. The summed E-state index contributed by atoms with van der Waals surface area (Å²) in [7, 11) is 0. The van der Waals surface area contributed by atoms with Gasteiger partial charge in [0.2, 0.25) is 0 Å². The van der Waals surface area contributed by atoms with E-state index in [1.807, 2.05) is 0 Å². The minimum absolute atomic E-state index is 0.000442. The van der Waals surface area contributed by atoms with E-state index in [-0.39, 0.29) is 11.4 Å². The first-order valence-corrected chi connectivity index (χ1v) is 9.96. The Hall–Kier alpha value is -3.93. The van der Waals surface area contributed by atoms with Crippen LogP contribution in [0.2, 0.25) is 5.02 Å². The van der Waals surface area contributed by atoms with Gasteiger partial charge in [-0.2, -0.15) is 26.3 Å². The van der Waals surface area contributed by atoms with Gasteiger partial charge in [-0.15, -0.1) is 15.3 Å². The van der Waals surface area contributed by atoms with E-state index in [1.54, 1.807) is 0 Å². The van der Waals surface area contributed by atoms with Crippen LogP contribution < -0.4 is 10.7 Å². The Morgan fingerprint density at radius 1 is 0.714 bits per heavy atom. The fourth-order valence-corrected chi connectivity index (χ4v) is 2.64. The molecule has 3 rings (SSSR count). The second kappa shape index (κ2) is 10.6. The molecule has 0 aliphatic carbocycles. The lowest BCUT2D eigenvalue weighted by Crippen LogP contribution is -2.22. The number of rotatable bonds is 4. The van der Waals surface area contributed by atoms with Crippen molar-refractivity contribution < 1.29 is 31.1 Å². The third-order valence-corrected chi connectivity index (χ3v) is 4.52. The average molecular weight is 514 g/mol. The van der Waals surface area contributed by atoms with Crippen molar-refractivity contribution in [2.45, 2.75) is 12.4 Å². The average Bonchev–Trinajstić information content (AvgIpc) is 2.80. The maximum atomic E-state index is 12.7. The minimum Gasteiger partial charge on any atom is -0.319 e. The molecule has 6 nitrogen and oxygen atoms in total. The summed E-state index contributed by atoms with van der Waals surface area (Å²) >= 11 is 5.80. The number of amidine groups is 1. The first-order chi connectivity index (χ1) is 16.4. The number of amides is 1. The molecule has 13 heteroatoms. The first-order valence-electron chi connectivity index (χ1n) is 9.59. The zero-order valence-electron chi connectivity index (χ0n) is 17.3. The Balaban J connectivity index is 1.83. The SMILES string of the molecule is O=C(Nc1ccc(Cl)cc1)/C(N=Nc1ccc(C(F)(F)F)cc1)=N\Nc1ccc(C(F)(F)F)cc1. The lowest BCUT2D eigenvalue weighted by atomic mass is 10.2. The zero-order valence-corrected chi connectivity index (χ0v) is 18.1. The molecule has 35 heavy (non-hydrogen) atoms. The maximum Gasteiger partial charge on any atom is 0.416 e. The molecule has 0 saturated carbocycles. The Morgan fingerprint density at radius 3 is 1.71 bits per heavy atom. The van der Waals surface area contributed by atoms with Crippen LogP contribution in [0.4, 0.5) is 43.4 Å². The molecule has 0 aromatic heterocycles. The van der Waals surface area contributed by atoms with Gasteiger partial charge in [0, 0.05) is 10.7 Å². The van der Waals surface area contributed by atoms with Crippen molar-refractivity contribution in [3.63, 3.8) is 0 Å². The molecular formula is C22H14ClF6N5O. The van der Waals surface area contributed by atoms with Crippen molar-refractivity contribution >= 4 is 40.4 Å². The zero-order chi connectivity index (χ0) is 25.6. The summed E-state index contributed by atoms with van der Waals surface area (Å²) in [4.78, 5) is 12.6. The molecule has 0 heterocycles. The van der Waals surface area contributed by atoms with Crippen molar-refractivity contribution in [1.82, 2.24) is 0 Å². The Bertz CT molecular complexity index is 1220. The molecule has 0 unspecified atom stereocenters. The smallest absolute Gasteiger partial charge is 0.319 e. The number of nitrogens with zero attached hydrogens (tertiary/aromatic N) is 3. The number of carbonyl (C=O) groups excluding carboxylic acids is 1. The molecule has 3 aromatic rings. The molecule has 0 radical (unpaired) electrons. The fraction of sp³-hybridized carbons (Fsp3) is 0.0909. The van der Waals surface area contributed by atoms with Crippen molar-refractivity contribution in [3.05, 3.63) is 88.9 Å². The number of alkyl halides is 6. The predicted molar refractivity (Wildman–Crippen MR) is 119 cm³/mol. The second-order valence-electron chi connectivity index (χ2n) is 6.83. The quantitative estimate of drug-likeness (QED) is 0.124. The number of azo groups is 1. The minimum atomic E-state index is -4.54. The van der Waals surface area contributed by atoms with Gasteiger partial charge in [0.1, 0.15) is 0 Å². The summed E-state index contributed by atoms with van der Waals surface area (Å²) in [5.41, 5.74) is 1.06. The van der Waals surface area contributed by atoms with Crippen LogP contribution in [0.3, 0.4) is 0 Å². The molecule has 182 valence electrons. The summed E-state index contributed by atoms with van der Waals surface area (Å²) in [5, 5.41) is 14.1. The molecule has 0 bridgehead atoms. The number of anilines is 2. The van der Waals surface area contributed by atoms with Gasteiger partial charge in [0.15, 0.2) is 0 Å². The highest BCUT2D eigenvalue weighted by Gasteiger charge is 2.30. The van der Waals surface area contributed by atoms with E-state index < -0.39 is 35.2 Å². The van der Waals surface area contributed by atoms with E-state index in [2.05, 4.69) is 26.1 Å². The van der Waals surface area contributed by atoms with Crippen molar-refractivity contribution in [2.75, 3.05) is 10.7 Å². The maximum absolute atomic E-state index is 12.7. The summed E-state index contributed by atoms with van der Waals surface area (Å²) < 4.78 is 76.3. The molecule has 0 spiro atoms. The Morgan fingerprint density at radius 2 is 1.20 bits per heavy atom. The van der Waals surface area contributed by atoms with E-state index in [1.165, 1.54) is 24.3 Å². The molecule has 0 fully saturated rings. The standard InChI is InChI=1S/C22H14ClF6N5O/c23-15-5-11-16(12-6-15)30-20(35)19(33-31-17-7-1-13(2-8-17)21(24,25)26)34-32-18-9-3-14(4-10-18)22(27,28)29/h1-12,31H,(H,30,35)/b33-19+,34-32?. The lowest BCUT2D eigenvalue weighted by molar-refractivity contribution is -0.138. The van der Waals surface area contributed by atoms with Gasteiger partial charge in [-0.25, -0.2) is 0 Å². The highest BCUT2D eigenvalue weighted by atomic mass is 35.5. The molecule has 1 amide bonds. The van der Waals surface area contributed by atoms with Crippen LogP contribution in [0.15, 0.2) is 88.1 Å². The van der Waals surface area contributed by atoms with Crippen molar-refractivity contribution in [1.29, 1.82) is 0 Å². The third kappa shape index (κ3) is 7.54. The van der Waals surface area contributed by atoms with Gasteiger partial charge in [-0.3, -0.25) is 10.2 Å². The monoisotopic (exact) mass is 513 g/mol. The highest BCUT2D eigenvalue weighted by molar-refractivity contribution is 6.42. The summed E-state index contributed by atoms with van der Waals surface area (Å²) in [6.45, 7) is 0. The summed E-state index contributed by atoms with van der Waals surface area (Å²) in [6.07, 6.45) is -9.06. The van der Waals surface area contributed by atoms with E-state index in [0.29, 0.717) is 10.7 Å². The van der Waals surface area contributed by atoms with Crippen molar-refractivity contribution in [2.24, 2.45) is 15.3 Å². The first kappa shape index (κ1) is 25.7. The van der Waals surface area contributed by atoms with E-state index in [4.69, 9.17) is 11.6 Å². The highest BCUT2D eigenvalue weighted by Crippen LogP contribution is 2.31. The van der Waals surface area contributed by atoms with E-state index >= 15 is 0 Å². The van der Waals surface area contributed by atoms with Gasteiger partial charge < -0.3 is 5.32 Å². The van der Waals surface area contributed by atoms with Crippen LogP contribution in [0.25, 0.3) is 0 Å². The lowest BCUT2D eigenvalue weighted by Gasteiger charge is -2.08. The van der Waals surface area contributed by atoms with Crippen LogP contribution >= 0.6 is 11.6 Å². The molecular weight excluding hydrogens is 500 g/mol. The van der Waals surface area contributed by atoms with Gasteiger partial charge in [-0.05, 0) is 72.8 Å². The van der Waals surface area contributed by atoms with Crippen LogP contribution in [-0.4, -0.2) is 11.7 Å². The molecule has 0 saturated heterocycles. The second-order valence-corrected chi connectivity index (χ2v) is 7.26. The largest absolute Gasteiger partial charge is 0.416 e. The van der Waals surface area contributed by atoms with Crippen LogP contribution in [0, 0.1) is 0 Å². The Labute approximate surface area is 199 Å². The number of hydrogen-bond acceptors (Lipinski definition) is 4. The van der Waals surface area contributed by atoms with Gasteiger partial charge in [-0.1, -0.05) is 11.6 Å². The van der Waals surface area contributed by atoms with Crippen molar-refractivity contribution in [3.8, 4) is 0 Å². The van der Waals surface area contributed by atoms with Gasteiger partial charge in [0.25, 0.3) is 11.7 Å². The number of hydrazone groups is 1. The number of nitrogens with one attached hydrogen (secondary N) is 2. The fourth-order valence-electron chi connectivity index (χ4n) is 2.51.